The molecule has 0 unspecified atom stereocenters. The Morgan fingerprint density at radius 1 is 1.16 bits per heavy atom. The van der Waals surface area contributed by atoms with E-state index >= 15 is 0 Å². The first-order valence-corrected chi connectivity index (χ1v) is 14.9. The monoisotopic (exact) mass is 621 g/mol. The highest BCUT2D eigenvalue weighted by atomic mass is 19.1. The molecule has 6 atom stereocenters. The molecule has 3 aliphatic rings. The Hall–Kier alpha value is -3.20. The van der Waals surface area contributed by atoms with E-state index in [0.29, 0.717) is 25.9 Å². The summed E-state index contributed by atoms with van der Waals surface area (Å²) in [6, 6.07) is 1.53. The summed E-state index contributed by atoms with van der Waals surface area (Å²) >= 11 is 0. The number of nitrogens with zero attached hydrogens (tertiary/aromatic N) is 5. The van der Waals surface area contributed by atoms with Gasteiger partial charge in [0.2, 0.25) is 0 Å². The number of aromatic nitrogens is 3. The van der Waals surface area contributed by atoms with Gasteiger partial charge in [0.05, 0.1) is 24.6 Å². The van der Waals surface area contributed by atoms with Crippen LogP contribution in [0, 0.1) is 24.5 Å². The first-order chi connectivity index (χ1) is 20.9. The second-order valence-corrected chi connectivity index (χ2v) is 12.7. The predicted molar refractivity (Wildman–Crippen MR) is 154 cm³/mol. The van der Waals surface area contributed by atoms with Gasteiger partial charge >= 0.3 is 6.09 Å². The highest BCUT2D eigenvalue weighted by Crippen LogP contribution is 2.36. The van der Waals surface area contributed by atoms with Crippen molar-refractivity contribution in [2.45, 2.75) is 95.5 Å². The minimum Gasteiger partial charge on any atom is -0.444 e. The largest absolute Gasteiger partial charge is 0.444 e. The first-order valence-electron chi connectivity index (χ1n) is 14.9. The quantitative estimate of drug-likeness (QED) is 0.476. The smallest absolute Gasteiger partial charge is 0.410 e. The number of aliphatic hydroxyl groups is 2. The number of hydrogen-bond acceptors (Lipinski definition) is 10. The average molecular weight is 622 g/mol. The Bertz CT molecular complexity index is 1330. The van der Waals surface area contributed by atoms with Crippen LogP contribution in [0.2, 0.25) is 0 Å². The minimum absolute atomic E-state index is 0.0957. The molecule has 1 aromatic carbocycles. The van der Waals surface area contributed by atoms with Crippen molar-refractivity contribution in [3.63, 3.8) is 0 Å². The zero-order valence-electron chi connectivity index (χ0n) is 25.7. The number of aliphatic hydroxyl groups excluding tert-OH is 2. The molecule has 2 fully saturated rings. The van der Waals surface area contributed by atoms with Gasteiger partial charge in [-0.3, -0.25) is 0 Å². The van der Waals surface area contributed by atoms with Crippen LogP contribution in [0.15, 0.2) is 23.5 Å². The maximum atomic E-state index is 14.2. The number of benzene rings is 1. The molecule has 2 N–H and O–H groups in total. The van der Waals surface area contributed by atoms with Crippen LogP contribution in [0.25, 0.3) is 11.3 Å². The molecule has 0 spiro atoms. The number of carbonyl (C=O) groups excluding carboxylic acids is 1. The predicted octanol–water partition coefficient (Wildman–Crippen LogP) is 3.39. The topological polar surface area (TPSA) is 141 Å². The molecule has 1 amide bonds. The van der Waals surface area contributed by atoms with Crippen LogP contribution >= 0.6 is 0 Å². The third-order valence-corrected chi connectivity index (χ3v) is 8.50. The summed E-state index contributed by atoms with van der Waals surface area (Å²) in [6.07, 6.45) is -0.219. The molecule has 3 aliphatic heterocycles. The van der Waals surface area contributed by atoms with Gasteiger partial charge in [0.25, 0.3) is 0 Å². The third kappa shape index (κ3) is 6.87. The van der Waals surface area contributed by atoms with Crippen molar-refractivity contribution in [1.82, 2.24) is 19.9 Å². The molecule has 242 valence electrons. The molecular weight excluding hydrogens is 580 g/mol. The summed E-state index contributed by atoms with van der Waals surface area (Å²) in [7, 11) is 1.48. The number of carbonyl (C=O) groups is 1. The summed E-state index contributed by atoms with van der Waals surface area (Å²) in [5, 5.41) is 33.8. The number of methoxy groups -OCH3 is 1. The summed E-state index contributed by atoms with van der Waals surface area (Å²) in [5.41, 5.74) is 0.692. The zero-order chi connectivity index (χ0) is 31.8. The van der Waals surface area contributed by atoms with Gasteiger partial charge < -0.3 is 34.2 Å². The van der Waals surface area contributed by atoms with E-state index in [1.165, 1.54) is 37.0 Å². The fourth-order valence-corrected chi connectivity index (χ4v) is 6.10. The van der Waals surface area contributed by atoms with Crippen molar-refractivity contribution < 1.29 is 42.8 Å². The van der Waals surface area contributed by atoms with Crippen molar-refractivity contribution >= 4 is 11.8 Å². The van der Waals surface area contributed by atoms with Crippen LogP contribution in [0.5, 0.6) is 0 Å². The molecule has 2 aromatic rings. The third-order valence-electron chi connectivity index (χ3n) is 8.50. The lowest BCUT2D eigenvalue weighted by molar-refractivity contribution is -0.219. The van der Waals surface area contributed by atoms with Crippen molar-refractivity contribution in [2.24, 2.45) is 11.1 Å². The van der Waals surface area contributed by atoms with Gasteiger partial charge in [-0.15, -0.1) is 5.10 Å². The molecule has 1 aromatic heterocycles. The van der Waals surface area contributed by atoms with Crippen molar-refractivity contribution in [3.8, 4) is 11.3 Å². The molecule has 44 heavy (non-hydrogen) atoms. The van der Waals surface area contributed by atoms with Crippen LogP contribution in [0.1, 0.15) is 58.1 Å². The standard InChI is InChI=1S/C30H41F2N5O7/c1-16-20(31)10-18(11-21(16)32)23-14-37(35-33-23)26-27(39)25(15-38)42-24(28(26)41-5)13-19-12-22(34-44-19)17-6-8-36(9-7-17)29(40)43-30(2,3)4/h10-11,14,17,19,24-28,38-39H,6-9,12-13,15H2,1-5H3/t19-,24-,25-,26+,27+,28+/m1/s1. The summed E-state index contributed by atoms with van der Waals surface area (Å²) < 4.78 is 47.2. The second kappa shape index (κ2) is 13.0. The van der Waals surface area contributed by atoms with E-state index in [9.17, 15) is 23.8 Å². The number of rotatable bonds is 7. The molecule has 0 aliphatic carbocycles. The first kappa shape index (κ1) is 32.2. The van der Waals surface area contributed by atoms with E-state index in [-0.39, 0.29) is 34.9 Å². The number of oxime groups is 1. The van der Waals surface area contributed by atoms with Gasteiger partial charge in [-0.2, -0.15) is 0 Å². The SMILES string of the molecule is CO[C@@H]1[C@@H](n2cc(-c3cc(F)c(C)c(F)c3)nn2)[C@@H](O)[C@@H](CO)O[C@@H]1C[C@H]1CC(C2CCN(C(=O)OC(C)(C)C)CC2)=NO1. The minimum atomic E-state index is -1.21. The van der Waals surface area contributed by atoms with Crippen LogP contribution in [0.3, 0.4) is 0 Å². The van der Waals surface area contributed by atoms with Crippen molar-refractivity contribution in [3.05, 3.63) is 35.5 Å². The van der Waals surface area contributed by atoms with Gasteiger partial charge in [0, 0.05) is 50.1 Å². The molecule has 14 heteroatoms. The summed E-state index contributed by atoms with van der Waals surface area (Å²) in [4.78, 5) is 20.0. The van der Waals surface area contributed by atoms with E-state index in [4.69, 9.17) is 19.0 Å². The van der Waals surface area contributed by atoms with Crippen LogP contribution in [0.4, 0.5) is 13.6 Å². The molecule has 0 bridgehead atoms. The second-order valence-electron chi connectivity index (χ2n) is 12.7. The van der Waals surface area contributed by atoms with Crippen molar-refractivity contribution in [1.29, 1.82) is 0 Å². The lowest BCUT2D eigenvalue weighted by atomic mass is 9.86. The van der Waals surface area contributed by atoms with Crippen LogP contribution in [-0.2, 0) is 19.0 Å². The van der Waals surface area contributed by atoms with Crippen LogP contribution < -0.4 is 0 Å². The number of halogens is 2. The molecule has 0 radical (unpaired) electrons. The zero-order valence-corrected chi connectivity index (χ0v) is 25.7. The number of amides is 1. The number of likely N-dealkylation sites (tertiary alicyclic amines) is 1. The molecule has 0 saturated carbocycles. The van der Waals surface area contributed by atoms with Crippen molar-refractivity contribution in [2.75, 3.05) is 26.8 Å². The lowest BCUT2D eigenvalue weighted by Crippen LogP contribution is -2.57. The van der Waals surface area contributed by atoms with Gasteiger partial charge in [-0.1, -0.05) is 10.4 Å². The Morgan fingerprint density at radius 2 is 1.84 bits per heavy atom. The number of hydrogen-bond donors (Lipinski definition) is 2. The molecule has 2 saturated heterocycles. The molecular formula is C30H41F2N5O7. The fourth-order valence-electron chi connectivity index (χ4n) is 6.10. The Labute approximate surface area is 254 Å². The fraction of sp³-hybridized carbons (Fsp3) is 0.667. The Morgan fingerprint density at radius 3 is 2.45 bits per heavy atom. The van der Waals surface area contributed by atoms with Gasteiger partial charge in [0.1, 0.15) is 53.4 Å². The Balaban J connectivity index is 1.24. The molecule has 4 heterocycles. The van der Waals surface area contributed by atoms with E-state index < -0.39 is 54.3 Å². The normalized spacial score (nSPS) is 28.1. The summed E-state index contributed by atoms with van der Waals surface area (Å²) in [6.45, 7) is 7.57. The van der Waals surface area contributed by atoms with Gasteiger partial charge in [-0.05, 0) is 52.7 Å². The molecule has 5 rings (SSSR count). The molecule has 12 nitrogen and oxygen atoms in total. The average Bonchev–Trinajstić information content (AvgIpc) is 3.66. The number of piperidine rings is 1. The number of ether oxygens (including phenoxy) is 3. The van der Waals surface area contributed by atoms with Gasteiger partial charge in [0.15, 0.2) is 0 Å². The van der Waals surface area contributed by atoms with E-state index in [1.807, 2.05) is 20.8 Å². The highest BCUT2D eigenvalue weighted by molar-refractivity contribution is 5.88. The summed E-state index contributed by atoms with van der Waals surface area (Å²) in [5.74, 6) is -1.24. The lowest BCUT2D eigenvalue weighted by Gasteiger charge is -2.44. The van der Waals surface area contributed by atoms with Crippen LogP contribution in [-0.4, -0.2) is 105 Å². The maximum absolute atomic E-state index is 14.2. The highest BCUT2D eigenvalue weighted by Gasteiger charge is 2.48. The van der Waals surface area contributed by atoms with E-state index in [2.05, 4.69) is 15.5 Å². The van der Waals surface area contributed by atoms with E-state index in [0.717, 1.165) is 18.6 Å². The Kier molecular flexibility index (Phi) is 9.54. The maximum Gasteiger partial charge on any atom is 0.410 e. The van der Waals surface area contributed by atoms with Gasteiger partial charge in [-0.25, -0.2) is 18.3 Å². The van der Waals surface area contributed by atoms with E-state index in [1.54, 1.807) is 4.90 Å².